The molecule has 0 fully saturated rings. The lowest BCUT2D eigenvalue weighted by molar-refractivity contribution is -0.385. The fraction of sp³-hybridized carbons (Fsp3) is 0.0625. The second kappa shape index (κ2) is 7.91. The van der Waals surface area contributed by atoms with Gasteiger partial charge in [-0.05, 0) is 23.8 Å². The van der Waals surface area contributed by atoms with Crippen molar-refractivity contribution in [3.63, 3.8) is 0 Å². The van der Waals surface area contributed by atoms with Crippen LogP contribution in [0, 0.1) is 10.1 Å². The summed E-state index contributed by atoms with van der Waals surface area (Å²) in [4.78, 5) is 10.6. The number of thioether (sulfide) groups is 1. The van der Waals surface area contributed by atoms with Crippen LogP contribution in [0.2, 0.25) is 5.02 Å². The molecule has 0 amide bonds. The highest BCUT2D eigenvalue weighted by molar-refractivity contribution is 7.98. The van der Waals surface area contributed by atoms with Gasteiger partial charge in [-0.2, -0.15) is 9.78 Å². The Hall–Kier alpha value is -2.71. The molecule has 3 rings (SSSR count). The van der Waals surface area contributed by atoms with Gasteiger partial charge in [-0.25, -0.2) is 0 Å². The van der Waals surface area contributed by atoms with E-state index in [9.17, 15) is 10.1 Å². The molecule has 25 heavy (non-hydrogen) atoms. The summed E-state index contributed by atoms with van der Waals surface area (Å²) in [5.74, 6) is 0.677. The largest absolute Gasteiger partial charge is 0.278 e. The van der Waals surface area contributed by atoms with Gasteiger partial charge in [0.25, 0.3) is 5.69 Å². The molecule has 126 valence electrons. The molecule has 3 aromatic rings. The highest BCUT2D eigenvalue weighted by Gasteiger charge is 2.10. The first kappa shape index (κ1) is 17.1. The van der Waals surface area contributed by atoms with Crippen molar-refractivity contribution in [1.82, 2.24) is 14.9 Å². The van der Waals surface area contributed by atoms with E-state index in [1.165, 1.54) is 35.0 Å². The summed E-state index contributed by atoms with van der Waals surface area (Å²) in [6, 6.07) is 13.9. The van der Waals surface area contributed by atoms with Crippen molar-refractivity contribution in [3.8, 4) is 0 Å². The zero-order valence-corrected chi connectivity index (χ0v) is 14.4. The van der Waals surface area contributed by atoms with E-state index >= 15 is 0 Å². The van der Waals surface area contributed by atoms with Gasteiger partial charge in [-0.15, -0.1) is 10.2 Å². The SMILES string of the molecule is O=[N+]([O-])c1ccccc1/C=N/n1cnnc1SCc1ccc(Cl)cc1. The van der Waals surface area contributed by atoms with E-state index in [1.807, 2.05) is 24.3 Å². The summed E-state index contributed by atoms with van der Waals surface area (Å²) in [6.45, 7) is 0. The molecule has 0 saturated carbocycles. The third-order valence-corrected chi connectivity index (χ3v) is 4.49. The second-order valence-electron chi connectivity index (χ2n) is 4.93. The molecule has 0 aliphatic rings. The molecule has 7 nitrogen and oxygen atoms in total. The summed E-state index contributed by atoms with van der Waals surface area (Å²) in [6.07, 6.45) is 2.88. The Bertz CT molecular complexity index is 911. The van der Waals surface area contributed by atoms with Crippen LogP contribution in [0.4, 0.5) is 5.69 Å². The number of aromatic nitrogens is 3. The number of nitro benzene ring substituents is 1. The highest BCUT2D eigenvalue weighted by Crippen LogP contribution is 2.22. The minimum absolute atomic E-state index is 0.00491. The predicted octanol–water partition coefficient (Wildman–Crippen LogP) is 4.01. The molecule has 0 aliphatic heterocycles. The summed E-state index contributed by atoms with van der Waals surface area (Å²) >= 11 is 7.33. The highest BCUT2D eigenvalue weighted by atomic mass is 35.5. The van der Waals surface area contributed by atoms with Gasteiger partial charge in [0.05, 0.1) is 16.7 Å². The normalized spacial score (nSPS) is 11.1. The van der Waals surface area contributed by atoms with Crippen LogP contribution in [0.15, 0.2) is 65.1 Å². The predicted molar refractivity (Wildman–Crippen MR) is 97.1 cm³/mol. The molecule has 1 aromatic heterocycles. The molecule has 9 heteroatoms. The summed E-state index contributed by atoms with van der Waals surface area (Å²) in [5.41, 5.74) is 1.50. The quantitative estimate of drug-likeness (QED) is 0.282. The van der Waals surface area contributed by atoms with E-state index in [4.69, 9.17) is 11.6 Å². The van der Waals surface area contributed by atoms with Crippen molar-refractivity contribution in [2.75, 3.05) is 0 Å². The van der Waals surface area contributed by atoms with E-state index < -0.39 is 4.92 Å². The molecule has 0 radical (unpaired) electrons. The summed E-state index contributed by atoms with van der Waals surface area (Å²) in [7, 11) is 0. The van der Waals surface area contributed by atoms with Gasteiger partial charge >= 0.3 is 0 Å². The Kier molecular flexibility index (Phi) is 5.42. The van der Waals surface area contributed by atoms with Crippen LogP contribution >= 0.6 is 23.4 Å². The number of hydrogen-bond acceptors (Lipinski definition) is 6. The fourth-order valence-corrected chi connectivity index (χ4v) is 2.96. The second-order valence-corrected chi connectivity index (χ2v) is 6.31. The lowest BCUT2D eigenvalue weighted by Crippen LogP contribution is -1.96. The Balaban J connectivity index is 1.73. The van der Waals surface area contributed by atoms with Crippen LogP contribution in [0.5, 0.6) is 0 Å². The Morgan fingerprint density at radius 1 is 1.24 bits per heavy atom. The van der Waals surface area contributed by atoms with Crippen LogP contribution in [0.3, 0.4) is 0 Å². The summed E-state index contributed by atoms with van der Waals surface area (Å²) < 4.78 is 1.48. The van der Waals surface area contributed by atoms with Crippen LogP contribution in [-0.4, -0.2) is 26.0 Å². The van der Waals surface area contributed by atoms with Gasteiger partial charge in [-0.1, -0.05) is 47.6 Å². The molecule has 0 atom stereocenters. The summed E-state index contributed by atoms with van der Waals surface area (Å²) in [5, 5.41) is 24.4. The lowest BCUT2D eigenvalue weighted by Gasteiger charge is -2.02. The topological polar surface area (TPSA) is 86.2 Å². The van der Waals surface area contributed by atoms with Crippen molar-refractivity contribution >= 4 is 35.3 Å². The van der Waals surface area contributed by atoms with Gasteiger partial charge in [0.15, 0.2) is 0 Å². The van der Waals surface area contributed by atoms with E-state index in [2.05, 4.69) is 15.3 Å². The van der Waals surface area contributed by atoms with Crippen molar-refractivity contribution in [1.29, 1.82) is 0 Å². The molecule has 0 unspecified atom stereocenters. The molecule has 0 aliphatic carbocycles. The minimum atomic E-state index is -0.441. The number of nitrogens with zero attached hydrogens (tertiary/aromatic N) is 5. The zero-order valence-electron chi connectivity index (χ0n) is 12.8. The van der Waals surface area contributed by atoms with Crippen molar-refractivity contribution in [2.24, 2.45) is 5.10 Å². The molecule has 1 heterocycles. The molecular formula is C16H12ClN5O2S. The number of halogens is 1. The van der Waals surface area contributed by atoms with Gasteiger partial charge < -0.3 is 0 Å². The maximum Gasteiger partial charge on any atom is 0.278 e. The number of rotatable bonds is 6. The van der Waals surface area contributed by atoms with Gasteiger partial charge in [-0.3, -0.25) is 10.1 Å². The molecule has 0 saturated heterocycles. The first-order valence-corrected chi connectivity index (χ1v) is 8.55. The van der Waals surface area contributed by atoms with Gasteiger partial charge in [0, 0.05) is 16.8 Å². The molecule has 2 aromatic carbocycles. The standard InChI is InChI=1S/C16H12ClN5O2S/c17-14-7-5-12(6-8-14)10-25-16-20-18-11-21(16)19-9-13-3-1-2-4-15(13)22(23)24/h1-9,11H,10H2/b19-9+. The Morgan fingerprint density at radius 3 is 2.76 bits per heavy atom. The van der Waals surface area contributed by atoms with Crippen LogP contribution in [0.1, 0.15) is 11.1 Å². The molecule has 0 spiro atoms. The van der Waals surface area contributed by atoms with Crippen molar-refractivity contribution in [2.45, 2.75) is 10.9 Å². The Morgan fingerprint density at radius 2 is 2.00 bits per heavy atom. The average Bonchev–Trinajstić information content (AvgIpc) is 3.07. The molecule has 0 bridgehead atoms. The van der Waals surface area contributed by atoms with Gasteiger partial charge in [0.2, 0.25) is 5.16 Å². The monoisotopic (exact) mass is 373 g/mol. The number of para-hydroxylation sites is 1. The first-order valence-electron chi connectivity index (χ1n) is 7.18. The third kappa shape index (κ3) is 4.43. The maximum absolute atomic E-state index is 11.0. The minimum Gasteiger partial charge on any atom is -0.258 e. The van der Waals surface area contributed by atoms with E-state index in [0.717, 1.165) is 5.56 Å². The fourth-order valence-electron chi connectivity index (χ4n) is 2.01. The maximum atomic E-state index is 11.0. The number of nitro groups is 1. The van der Waals surface area contributed by atoms with E-state index in [-0.39, 0.29) is 5.69 Å². The van der Waals surface area contributed by atoms with Crippen LogP contribution in [-0.2, 0) is 5.75 Å². The van der Waals surface area contributed by atoms with E-state index in [0.29, 0.717) is 21.5 Å². The third-order valence-electron chi connectivity index (χ3n) is 3.24. The molecule has 0 N–H and O–H groups in total. The number of hydrogen-bond donors (Lipinski definition) is 0. The van der Waals surface area contributed by atoms with Crippen molar-refractivity contribution < 1.29 is 4.92 Å². The van der Waals surface area contributed by atoms with Crippen LogP contribution < -0.4 is 0 Å². The Labute approximate surface area is 152 Å². The first-order chi connectivity index (χ1) is 12.1. The van der Waals surface area contributed by atoms with Crippen LogP contribution in [0.25, 0.3) is 0 Å². The zero-order chi connectivity index (χ0) is 17.6. The smallest absolute Gasteiger partial charge is 0.258 e. The number of benzene rings is 2. The lowest BCUT2D eigenvalue weighted by atomic mass is 10.2. The van der Waals surface area contributed by atoms with Gasteiger partial charge in [0.1, 0.15) is 6.33 Å². The molecular weight excluding hydrogens is 362 g/mol. The van der Waals surface area contributed by atoms with Crippen molar-refractivity contribution in [3.05, 3.63) is 81.1 Å². The van der Waals surface area contributed by atoms with E-state index in [1.54, 1.807) is 18.2 Å². The average molecular weight is 374 g/mol.